The first-order chi connectivity index (χ1) is 19.4. The van der Waals surface area contributed by atoms with Gasteiger partial charge in [0, 0.05) is 5.56 Å². The van der Waals surface area contributed by atoms with E-state index in [9.17, 15) is 14.4 Å². The number of imidazole rings is 1. The first-order valence-electron chi connectivity index (χ1n) is 13.0. The van der Waals surface area contributed by atoms with Gasteiger partial charge in [-0.15, -0.1) is 0 Å². The molecule has 5 rings (SSSR count). The van der Waals surface area contributed by atoms with Crippen molar-refractivity contribution in [3.05, 3.63) is 117 Å². The third kappa shape index (κ3) is 5.31. The number of ether oxygens (including phenoxy) is 2. The van der Waals surface area contributed by atoms with Gasteiger partial charge in [-0.3, -0.25) is 14.2 Å². The lowest BCUT2D eigenvalue weighted by atomic mass is 10.0. The maximum Gasteiger partial charge on any atom is 0.337 e. The number of benzene rings is 3. The number of fused-ring (bicyclic) bond motifs is 1. The summed E-state index contributed by atoms with van der Waals surface area (Å²) in [6.07, 6.45) is 1.42. The molecule has 5 aromatic rings. The van der Waals surface area contributed by atoms with Gasteiger partial charge in [0.25, 0.3) is 5.56 Å². The quantitative estimate of drug-likeness (QED) is 0.244. The van der Waals surface area contributed by atoms with E-state index in [0.717, 1.165) is 10.1 Å². The molecule has 0 saturated carbocycles. The minimum Gasteiger partial charge on any atom is -0.497 e. The molecule has 0 unspecified atom stereocenters. The van der Waals surface area contributed by atoms with Gasteiger partial charge in [0.15, 0.2) is 16.9 Å². The van der Waals surface area contributed by atoms with Crippen LogP contribution in [-0.4, -0.2) is 38.2 Å². The van der Waals surface area contributed by atoms with Gasteiger partial charge in [-0.05, 0) is 47.9 Å². The van der Waals surface area contributed by atoms with E-state index in [1.54, 1.807) is 36.4 Å². The van der Waals surface area contributed by atoms with Crippen LogP contribution in [0.25, 0.3) is 16.9 Å². The second-order valence-corrected chi connectivity index (χ2v) is 9.68. The number of aromatic nitrogens is 4. The van der Waals surface area contributed by atoms with E-state index < -0.39 is 11.2 Å². The van der Waals surface area contributed by atoms with Crippen LogP contribution in [0.2, 0.25) is 0 Å². The molecule has 0 saturated heterocycles. The third-order valence-electron chi connectivity index (χ3n) is 6.75. The van der Waals surface area contributed by atoms with Gasteiger partial charge in [-0.2, -0.15) is 0 Å². The van der Waals surface area contributed by atoms with E-state index in [0.29, 0.717) is 28.7 Å². The Labute approximate surface area is 230 Å². The smallest absolute Gasteiger partial charge is 0.337 e. The molecule has 0 N–H and O–H groups in total. The maximum atomic E-state index is 13.7. The Morgan fingerprint density at radius 3 is 2.35 bits per heavy atom. The molecule has 0 aliphatic carbocycles. The molecule has 9 nitrogen and oxygen atoms in total. The zero-order valence-corrected chi connectivity index (χ0v) is 22.6. The summed E-state index contributed by atoms with van der Waals surface area (Å²) in [5, 5.41) is 0. The number of Topliss-reactive ketones (excluding diaryl/α,β-unsaturated/α-hetero) is 1. The zero-order valence-electron chi connectivity index (χ0n) is 22.6. The van der Waals surface area contributed by atoms with Crippen LogP contribution >= 0.6 is 0 Å². The number of hydrogen-bond acceptors (Lipinski definition) is 6. The molecule has 40 heavy (non-hydrogen) atoms. The summed E-state index contributed by atoms with van der Waals surface area (Å²) >= 11 is 0. The second-order valence-electron chi connectivity index (χ2n) is 9.68. The number of nitrogens with zero attached hydrogens (tertiary/aromatic N) is 4. The molecule has 2 heterocycles. The Balaban J connectivity index is 1.59. The van der Waals surface area contributed by atoms with Crippen molar-refractivity contribution in [2.75, 3.05) is 13.7 Å². The van der Waals surface area contributed by atoms with Crippen molar-refractivity contribution < 1.29 is 14.3 Å². The fraction of sp³-hybridized carbons (Fsp3) is 0.226. The van der Waals surface area contributed by atoms with Gasteiger partial charge in [-0.1, -0.05) is 56.3 Å². The van der Waals surface area contributed by atoms with Gasteiger partial charge in [0.2, 0.25) is 0 Å². The first-order valence-corrected chi connectivity index (χ1v) is 13.0. The summed E-state index contributed by atoms with van der Waals surface area (Å²) in [5.41, 5.74) is 1.40. The van der Waals surface area contributed by atoms with Crippen LogP contribution in [0.15, 0.2) is 94.8 Å². The fourth-order valence-electron chi connectivity index (χ4n) is 4.55. The van der Waals surface area contributed by atoms with Crippen molar-refractivity contribution in [1.82, 2.24) is 18.7 Å². The predicted molar refractivity (Wildman–Crippen MR) is 153 cm³/mol. The molecule has 0 aliphatic heterocycles. The molecule has 3 aromatic carbocycles. The number of hydrogen-bond donors (Lipinski definition) is 0. The summed E-state index contributed by atoms with van der Waals surface area (Å²) in [6, 6.07) is 23.6. The summed E-state index contributed by atoms with van der Waals surface area (Å²) in [5.74, 6) is 1.28. The summed E-state index contributed by atoms with van der Waals surface area (Å²) in [7, 11) is 1.53. The predicted octanol–water partition coefficient (Wildman–Crippen LogP) is 4.44. The summed E-state index contributed by atoms with van der Waals surface area (Å²) in [4.78, 5) is 45.0. The average molecular weight is 539 g/mol. The molecule has 0 fully saturated rings. The normalized spacial score (nSPS) is 11.2. The number of methoxy groups -OCH3 is 1. The topological polar surface area (TPSA) is 97.4 Å². The van der Waals surface area contributed by atoms with Gasteiger partial charge < -0.3 is 14.0 Å². The summed E-state index contributed by atoms with van der Waals surface area (Å²) in [6.45, 7) is 4.17. The molecule has 0 aliphatic rings. The van der Waals surface area contributed by atoms with Gasteiger partial charge in [-0.25, -0.2) is 14.3 Å². The van der Waals surface area contributed by atoms with E-state index in [2.05, 4.69) is 18.8 Å². The number of ketones is 1. The SMILES string of the molecule is COc1cccc(C(=O)Cn2cnc3c2c(=O)n(CCOc2ccccc2)c(=O)n3-c2ccc(C(C)C)cc2)c1. The first kappa shape index (κ1) is 26.7. The third-order valence-corrected chi connectivity index (χ3v) is 6.75. The highest BCUT2D eigenvalue weighted by atomic mass is 16.5. The molecule has 0 bridgehead atoms. The molecule has 2 aromatic heterocycles. The van der Waals surface area contributed by atoms with Crippen molar-refractivity contribution in [1.29, 1.82) is 0 Å². The van der Waals surface area contributed by atoms with E-state index in [-0.39, 0.29) is 36.6 Å². The van der Waals surface area contributed by atoms with Crippen molar-refractivity contribution in [3.8, 4) is 17.2 Å². The van der Waals surface area contributed by atoms with Crippen LogP contribution in [0.3, 0.4) is 0 Å². The van der Waals surface area contributed by atoms with Crippen LogP contribution in [0, 0.1) is 0 Å². The molecular weight excluding hydrogens is 508 g/mol. The monoisotopic (exact) mass is 538 g/mol. The number of carbonyl (C=O) groups excluding carboxylic acids is 1. The Morgan fingerprint density at radius 1 is 0.925 bits per heavy atom. The van der Waals surface area contributed by atoms with Crippen molar-refractivity contribution >= 4 is 16.9 Å². The average Bonchev–Trinajstić information content (AvgIpc) is 3.38. The standard InChI is InChI=1S/C31H30N4O5/c1-21(2)22-12-14-24(15-13-22)35-29-28(30(37)34(31(35)38)16-17-40-25-9-5-4-6-10-25)33(20-32-29)19-27(36)23-8-7-11-26(18-23)39-3/h4-15,18,20-21H,16-17,19H2,1-3H3. The molecule has 0 radical (unpaired) electrons. The van der Waals surface area contributed by atoms with Crippen molar-refractivity contribution in [2.24, 2.45) is 0 Å². The molecule has 9 heteroatoms. The summed E-state index contributed by atoms with van der Waals surface area (Å²) < 4.78 is 15.1. The number of rotatable bonds is 10. The molecule has 0 amide bonds. The van der Waals surface area contributed by atoms with Crippen LogP contribution in [0.5, 0.6) is 11.5 Å². The van der Waals surface area contributed by atoms with E-state index >= 15 is 0 Å². The van der Waals surface area contributed by atoms with Gasteiger partial charge >= 0.3 is 5.69 Å². The van der Waals surface area contributed by atoms with Gasteiger partial charge in [0.05, 0.1) is 32.2 Å². The Bertz CT molecular complexity index is 1770. The molecule has 204 valence electrons. The lowest BCUT2D eigenvalue weighted by molar-refractivity contribution is 0.0973. The second kappa shape index (κ2) is 11.4. The minimum absolute atomic E-state index is 0.0155. The van der Waals surface area contributed by atoms with E-state index in [4.69, 9.17) is 9.47 Å². The lowest BCUT2D eigenvalue weighted by Crippen LogP contribution is -2.41. The van der Waals surface area contributed by atoms with Crippen LogP contribution in [0.4, 0.5) is 0 Å². The van der Waals surface area contributed by atoms with Crippen LogP contribution < -0.4 is 20.7 Å². The Morgan fingerprint density at radius 2 is 1.65 bits per heavy atom. The van der Waals surface area contributed by atoms with Crippen LogP contribution in [-0.2, 0) is 13.1 Å². The van der Waals surface area contributed by atoms with E-state index in [1.807, 2.05) is 42.5 Å². The largest absolute Gasteiger partial charge is 0.497 e. The van der Waals surface area contributed by atoms with E-state index in [1.165, 1.54) is 22.6 Å². The Kier molecular flexibility index (Phi) is 7.63. The minimum atomic E-state index is -0.539. The maximum absolute atomic E-state index is 13.7. The lowest BCUT2D eigenvalue weighted by Gasteiger charge is -2.14. The van der Waals surface area contributed by atoms with Crippen LogP contribution in [0.1, 0.15) is 35.7 Å². The molecule has 0 atom stereocenters. The zero-order chi connectivity index (χ0) is 28.2. The molecule has 0 spiro atoms. The van der Waals surface area contributed by atoms with Crippen molar-refractivity contribution in [2.45, 2.75) is 32.9 Å². The van der Waals surface area contributed by atoms with Gasteiger partial charge in [0.1, 0.15) is 18.1 Å². The molecular formula is C31H30N4O5. The highest BCUT2D eigenvalue weighted by molar-refractivity contribution is 5.96. The fourth-order valence-corrected chi connectivity index (χ4v) is 4.55. The number of para-hydroxylation sites is 1. The number of carbonyl (C=O) groups is 1. The highest BCUT2D eigenvalue weighted by Gasteiger charge is 2.21. The highest BCUT2D eigenvalue weighted by Crippen LogP contribution is 2.19. The Hall–Kier alpha value is -4.92. The van der Waals surface area contributed by atoms with Crippen molar-refractivity contribution in [3.63, 3.8) is 0 Å².